The molecule has 1 aromatic heterocycles. The van der Waals surface area contributed by atoms with Crippen molar-refractivity contribution in [1.82, 2.24) is 15.2 Å². The summed E-state index contributed by atoms with van der Waals surface area (Å²) in [5.74, 6) is -1.18. The van der Waals surface area contributed by atoms with Crippen molar-refractivity contribution < 1.29 is 14.7 Å². The second kappa shape index (κ2) is 8.42. The molecule has 0 unspecified atom stereocenters. The molecule has 2 aromatic carbocycles. The Balaban J connectivity index is 1.49. The molecule has 2 amide bonds. The molecule has 0 saturated carbocycles. The molecule has 0 aliphatic carbocycles. The van der Waals surface area contributed by atoms with E-state index in [-0.39, 0.29) is 17.0 Å². The van der Waals surface area contributed by atoms with Gasteiger partial charge >= 0.3 is 0 Å². The van der Waals surface area contributed by atoms with Crippen LogP contribution in [0.15, 0.2) is 95.3 Å². The van der Waals surface area contributed by atoms with Crippen LogP contribution in [0, 0.1) is 0 Å². The largest absolute Gasteiger partial charge is 0.493 e. The third-order valence-electron chi connectivity index (χ3n) is 4.58. The zero-order valence-electron chi connectivity index (χ0n) is 16.2. The van der Waals surface area contributed by atoms with Gasteiger partial charge in [-0.25, -0.2) is 9.69 Å². The van der Waals surface area contributed by atoms with Gasteiger partial charge in [0, 0.05) is 0 Å². The van der Waals surface area contributed by atoms with E-state index in [0.717, 1.165) is 0 Å². The summed E-state index contributed by atoms with van der Waals surface area (Å²) in [5, 5.41) is 14.1. The lowest BCUT2D eigenvalue weighted by atomic mass is 10.2. The number of amides is 2. The summed E-state index contributed by atoms with van der Waals surface area (Å²) in [5.41, 5.74) is 3.32. The topological polar surface area (TPSA) is 107 Å². The van der Waals surface area contributed by atoms with Crippen LogP contribution in [0.3, 0.4) is 0 Å². The van der Waals surface area contributed by atoms with Gasteiger partial charge in [0.2, 0.25) is 5.88 Å². The van der Waals surface area contributed by atoms with Gasteiger partial charge in [-0.2, -0.15) is 0 Å². The number of allylic oxidation sites excluding steroid dienone is 4. The third kappa shape index (κ3) is 3.95. The van der Waals surface area contributed by atoms with Crippen LogP contribution in [0.4, 0.5) is 5.69 Å². The number of anilines is 1. The molecule has 8 heteroatoms. The van der Waals surface area contributed by atoms with Crippen molar-refractivity contribution in [1.29, 1.82) is 0 Å². The fourth-order valence-electron chi connectivity index (χ4n) is 3.05. The summed E-state index contributed by atoms with van der Waals surface area (Å²) in [6, 6.07) is 17.7. The van der Waals surface area contributed by atoms with Crippen molar-refractivity contribution in [2.24, 2.45) is 0 Å². The van der Waals surface area contributed by atoms with Gasteiger partial charge < -0.3 is 5.11 Å². The first-order valence-corrected chi connectivity index (χ1v) is 9.41. The average molecular weight is 414 g/mol. The zero-order valence-corrected chi connectivity index (χ0v) is 16.2. The normalized spacial score (nSPS) is 15.5. The second-order valence-electron chi connectivity index (χ2n) is 6.59. The van der Waals surface area contributed by atoms with Crippen molar-refractivity contribution in [3.63, 3.8) is 0 Å². The minimum absolute atomic E-state index is 0.00979. The molecular formula is C23H18N4O4. The van der Waals surface area contributed by atoms with Crippen LogP contribution in [0.25, 0.3) is 11.8 Å². The highest BCUT2D eigenvalue weighted by Gasteiger charge is 2.33. The van der Waals surface area contributed by atoms with E-state index in [4.69, 9.17) is 0 Å². The third-order valence-corrected chi connectivity index (χ3v) is 4.58. The number of nitrogens with one attached hydrogen (secondary N) is 2. The fraction of sp³-hybridized carbons (Fsp3) is 0. The van der Waals surface area contributed by atoms with Gasteiger partial charge in [0.1, 0.15) is 11.1 Å². The minimum Gasteiger partial charge on any atom is -0.493 e. The quantitative estimate of drug-likeness (QED) is 0.339. The number of hydrogen-bond donors (Lipinski definition) is 3. The predicted molar refractivity (Wildman–Crippen MR) is 116 cm³/mol. The summed E-state index contributed by atoms with van der Waals surface area (Å²) in [7, 11) is 0. The Morgan fingerprint density at radius 2 is 1.45 bits per heavy atom. The monoisotopic (exact) mass is 414 g/mol. The van der Waals surface area contributed by atoms with Crippen LogP contribution in [0.1, 0.15) is 5.56 Å². The molecule has 4 rings (SSSR count). The molecule has 1 fully saturated rings. The molecule has 0 spiro atoms. The summed E-state index contributed by atoms with van der Waals surface area (Å²) in [6.45, 7) is 0. The van der Waals surface area contributed by atoms with Crippen LogP contribution in [-0.2, 0) is 9.59 Å². The van der Waals surface area contributed by atoms with Gasteiger partial charge in [-0.3, -0.25) is 24.9 Å². The minimum atomic E-state index is -0.503. The number of hydrazine groups is 1. The molecule has 1 saturated heterocycles. The Hall–Kier alpha value is -4.59. The molecule has 3 aromatic rings. The predicted octanol–water partition coefficient (Wildman–Crippen LogP) is 2.44. The number of carbonyl (C=O) groups excluding carboxylic acids is 2. The number of aromatic hydroxyl groups is 1. The highest BCUT2D eigenvalue weighted by Crippen LogP contribution is 2.20. The Kier molecular flexibility index (Phi) is 5.35. The Labute approximate surface area is 177 Å². The Morgan fingerprint density at radius 3 is 2.13 bits per heavy atom. The number of nitrogens with zero attached hydrogens (tertiary/aromatic N) is 2. The number of H-pyrrole nitrogens is 1. The molecule has 2 heterocycles. The highest BCUT2D eigenvalue weighted by atomic mass is 16.3. The lowest BCUT2D eigenvalue weighted by molar-refractivity contribution is -0.117. The maximum absolute atomic E-state index is 12.5. The van der Waals surface area contributed by atoms with E-state index in [0.29, 0.717) is 11.4 Å². The van der Waals surface area contributed by atoms with Crippen LogP contribution in [-0.4, -0.2) is 26.7 Å². The lowest BCUT2D eigenvalue weighted by Gasteiger charge is -2.13. The Morgan fingerprint density at radius 1 is 0.806 bits per heavy atom. The van der Waals surface area contributed by atoms with Crippen molar-refractivity contribution in [3.05, 3.63) is 106 Å². The summed E-state index contributed by atoms with van der Waals surface area (Å²) < 4.78 is 1.29. The molecule has 1 aliphatic rings. The maximum atomic E-state index is 12.5. The number of rotatable bonds is 5. The van der Waals surface area contributed by atoms with Crippen LogP contribution in [0.5, 0.6) is 5.88 Å². The van der Waals surface area contributed by atoms with Crippen molar-refractivity contribution in [3.8, 4) is 11.6 Å². The van der Waals surface area contributed by atoms with Gasteiger partial charge in [-0.1, -0.05) is 54.6 Å². The van der Waals surface area contributed by atoms with Crippen LogP contribution in [0.2, 0.25) is 0 Å². The molecule has 3 N–H and O–H groups in total. The number of carbonyl (C=O) groups is 2. The molecule has 1 aliphatic heterocycles. The van der Waals surface area contributed by atoms with Crippen LogP contribution < -0.4 is 16.0 Å². The van der Waals surface area contributed by atoms with Gasteiger partial charge in [0.25, 0.3) is 17.4 Å². The lowest BCUT2D eigenvalue weighted by Crippen LogP contribution is -2.35. The molecule has 8 nitrogen and oxygen atoms in total. The van der Waals surface area contributed by atoms with E-state index in [1.807, 2.05) is 12.1 Å². The number of aromatic nitrogens is 2. The second-order valence-corrected chi connectivity index (χ2v) is 6.59. The first-order valence-electron chi connectivity index (χ1n) is 9.41. The van der Waals surface area contributed by atoms with E-state index in [2.05, 4.69) is 10.5 Å². The fourth-order valence-corrected chi connectivity index (χ4v) is 3.05. The average Bonchev–Trinajstić information content (AvgIpc) is 3.24. The number of hydrogen-bond acceptors (Lipinski definition) is 4. The summed E-state index contributed by atoms with van der Waals surface area (Å²) >= 11 is 0. The van der Waals surface area contributed by atoms with Crippen molar-refractivity contribution >= 4 is 23.6 Å². The summed E-state index contributed by atoms with van der Waals surface area (Å²) in [4.78, 5) is 36.7. The molecule has 0 radical (unpaired) electrons. The van der Waals surface area contributed by atoms with Gasteiger partial charge in [0.15, 0.2) is 0 Å². The molecule has 0 atom stereocenters. The van der Waals surface area contributed by atoms with Crippen LogP contribution >= 0.6 is 0 Å². The van der Waals surface area contributed by atoms with Crippen molar-refractivity contribution in [2.75, 3.05) is 5.01 Å². The SMILES string of the molecule is O=C1NN(c2ccccc2)C(=O)\C1=C/C=C/C=C/c1c(O)n(-c2ccccc2)[nH]c1=O. The zero-order chi connectivity index (χ0) is 21.8. The van der Waals surface area contributed by atoms with Gasteiger partial charge in [-0.15, -0.1) is 0 Å². The highest BCUT2D eigenvalue weighted by molar-refractivity contribution is 6.29. The number of aromatic amines is 1. The Bertz CT molecular complexity index is 1270. The number of benzene rings is 2. The van der Waals surface area contributed by atoms with E-state index in [9.17, 15) is 19.5 Å². The van der Waals surface area contributed by atoms with E-state index < -0.39 is 17.4 Å². The number of para-hydroxylation sites is 2. The molecule has 0 bridgehead atoms. The first-order chi connectivity index (χ1) is 15.1. The summed E-state index contributed by atoms with van der Waals surface area (Å²) in [6.07, 6.45) is 7.43. The molecular weight excluding hydrogens is 396 g/mol. The van der Waals surface area contributed by atoms with Crippen molar-refractivity contribution in [2.45, 2.75) is 0 Å². The smallest absolute Gasteiger partial charge is 0.282 e. The standard InChI is InChI=1S/C23H18N4O4/c28-20-18(22(30)26(24-20)16-10-4-1-5-11-16)14-8-3-9-15-19-21(29)25-27(23(19)31)17-12-6-2-7-13-17/h1-15,30H,(H,24,28)(H,25,29)/b9-3+,14-8+,19-15-. The van der Waals surface area contributed by atoms with Gasteiger partial charge in [0.05, 0.1) is 11.4 Å². The first kappa shape index (κ1) is 19.7. The van der Waals surface area contributed by atoms with E-state index in [1.165, 1.54) is 34.0 Å². The van der Waals surface area contributed by atoms with E-state index in [1.54, 1.807) is 54.6 Å². The maximum Gasteiger partial charge on any atom is 0.282 e. The van der Waals surface area contributed by atoms with Gasteiger partial charge in [-0.05, 0) is 36.4 Å². The molecule has 154 valence electrons. The molecule has 31 heavy (non-hydrogen) atoms. The van der Waals surface area contributed by atoms with E-state index >= 15 is 0 Å².